The molecule has 1 aliphatic heterocycles. The van der Waals surface area contributed by atoms with Crippen LogP contribution >= 0.6 is 0 Å². The Morgan fingerprint density at radius 3 is 2.61 bits per heavy atom. The Bertz CT molecular complexity index is 821. The lowest BCUT2D eigenvalue weighted by Crippen LogP contribution is -2.62. The smallest absolute Gasteiger partial charge is 0.331 e. The van der Waals surface area contributed by atoms with Crippen molar-refractivity contribution in [3.8, 4) is 0 Å². The van der Waals surface area contributed by atoms with E-state index in [0.717, 1.165) is 50.5 Å². The summed E-state index contributed by atoms with van der Waals surface area (Å²) in [6.45, 7) is 6.24. The summed E-state index contributed by atoms with van der Waals surface area (Å²) in [5, 5.41) is 23.3. The van der Waals surface area contributed by atoms with E-state index in [-0.39, 0.29) is 41.9 Å². The minimum Gasteiger partial charge on any atom is -0.463 e. The highest BCUT2D eigenvalue weighted by Crippen LogP contribution is 2.70. The molecular formula is C25H36O6. The molecule has 6 heteroatoms. The lowest BCUT2D eigenvalue weighted by atomic mass is 9.43. The monoisotopic (exact) mass is 432 g/mol. The number of fused-ring (bicyclic) bond motifs is 5. The van der Waals surface area contributed by atoms with Gasteiger partial charge in [-0.25, -0.2) is 4.79 Å². The van der Waals surface area contributed by atoms with Crippen LogP contribution in [0, 0.1) is 34.5 Å². The average molecular weight is 433 g/mol. The molecule has 0 bridgehead atoms. The summed E-state index contributed by atoms with van der Waals surface area (Å²) in [6, 6.07) is 0. The van der Waals surface area contributed by atoms with Crippen LogP contribution in [0.5, 0.6) is 0 Å². The predicted molar refractivity (Wildman–Crippen MR) is 113 cm³/mol. The van der Waals surface area contributed by atoms with Crippen LogP contribution < -0.4 is 0 Å². The van der Waals surface area contributed by atoms with Gasteiger partial charge in [-0.05, 0) is 73.7 Å². The zero-order valence-electron chi connectivity index (χ0n) is 18.9. The van der Waals surface area contributed by atoms with Gasteiger partial charge in [-0.15, -0.1) is 0 Å². The lowest BCUT2D eigenvalue weighted by Gasteiger charge is -2.63. The number of cyclic esters (lactones) is 1. The molecule has 172 valence electrons. The van der Waals surface area contributed by atoms with E-state index in [1.165, 1.54) is 13.0 Å². The van der Waals surface area contributed by atoms with Crippen LogP contribution in [0.4, 0.5) is 0 Å². The van der Waals surface area contributed by atoms with Crippen molar-refractivity contribution in [2.45, 2.75) is 89.9 Å². The summed E-state index contributed by atoms with van der Waals surface area (Å²) in [5.74, 6) is 0.299. The summed E-state index contributed by atoms with van der Waals surface area (Å²) in [4.78, 5) is 23.2. The Hall–Kier alpha value is -1.40. The molecule has 5 aliphatic rings. The van der Waals surface area contributed by atoms with Gasteiger partial charge in [-0.2, -0.15) is 0 Å². The molecular weight excluding hydrogens is 396 g/mol. The Morgan fingerprint density at radius 1 is 1.16 bits per heavy atom. The maximum atomic E-state index is 12.2. The van der Waals surface area contributed by atoms with E-state index in [2.05, 4.69) is 13.8 Å². The zero-order chi connectivity index (χ0) is 22.2. The van der Waals surface area contributed by atoms with E-state index in [1.807, 2.05) is 0 Å². The van der Waals surface area contributed by atoms with Crippen molar-refractivity contribution in [3.63, 3.8) is 0 Å². The molecule has 0 aromatic carbocycles. The average Bonchev–Trinajstić information content (AvgIpc) is 3.18. The minimum absolute atomic E-state index is 0.0218. The molecule has 4 fully saturated rings. The molecule has 2 unspecified atom stereocenters. The van der Waals surface area contributed by atoms with Gasteiger partial charge in [0.2, 0.25) is 0 Å². The van der Waals surface area contributed by atoms with Crippen LogP contribution in [-0.4, -0.2) is 46.6 Å². The third kappa shape index (κ3) is 2.97. The van der Waals surface area contributed by atoms with Crippen molar-refractivity contribution >= 4 is 11.9 Å². The van der Waals surface area contributed by atoms with E-state index < -0.39 is 17.1 Å². The molecule has 0 aromatic rings. The topological polar surface area (TPSA) is 93.1 Å². The molecule has 9 atom stereocenters. The van der Waals surface area contributed by atoms with Gasteiger partial charge in [-0.3, -0.25) is 4.79 Å². The second-order valence-electron chi connectivity index (χ2n) is 11.5. The number of rotatable bonds is 2. The highest BCUT2D eigenvalue weighted by Gasteiger charge is 2.70. The summed E-state index contributed by atoms with van der Waals surface area (Å²) in [7, 11) is 0. The number of hydrogen-bond acceptors (Lipinski definition) is 6. The Balaban J connectivity index is 1.43. The molecule has 31 heavy (non-hydrogen) atoms. The molecule has 2 N–H and O–H groups in total. The molecule has 6 nitrogen and oxygen atoms in total. The van der Waals surface area contributed by atoms with Gasteiger partial charge in [0.1, 0.15) is 12.7 Å². The van der Waals surface area contributed by atoms with Crippen LogP contribution in [0.15, 0.2) is 11.6 Å². The predicted octanol–water partition coefficient (Wildman–Crippen LogP) is 3.15. The Kier molecular flexibility index (Phi) is 4.88. The quantitative estimate of drug-likeness (QED) is 0.651. The number of ether oxygens (including phenoxy) is 2. The second-order valence-corrected chi connectivity index (χ2v) is 11.5. The van der Waals surface area contributed by atoms with E-state index >= 15 is 0 Å². The summed E-state index contributed by atoms with van der Waals surface area (Å²) < 4.78 is 10.7. The third-order valence-electron chi connectivity index (χ3n) is 10.2. The zero-order valence-corrected chi connectivity index (χ0v) is 18.9. The van der Waals surface area contributed by atoms with Crippen molar-refractivity contribution in [2.24, 2.45) is 34.5 Å². The molecule has 4 saturated carbocycles. The van der Waals surface area contributed by atoms with Crippen LogP contribution in [0.2, 0.25) is 0 Å². The molecule has 0 amide bonds. The maximum Gasteiger partial charge on any atom is 0.331 e. The van der Waals surface area contributed by atoms with Crippen molar-refractivity contribution in [1.29, 1.82) is 0 Å². The molecule has 0 radical (unpaired) electrons. The van der Waals surface area contributed by atoms with E-state index in [4.69, 9.17) is 9.47 Å². The van der Waals surface area contributed by atoms with Crippen molar-refractivity contribution in [1.82, 2.24) is 0 Å². The van der Waals surface area contributed by atoms with E-state index in [9.17, 15) is 19.8 Å². The SMILES string of the molecule is CC(=O)O[C@H]1CC[C@]2(C)C3CC[C@]4(C)[C@@H](C5=CC(=O)OC5)[C@@H](O)C[C@]4(O)C3CC[C@@H]2C1. The van der Waals surface area contributed by atoms with Gasteiger partial charge in [0.05, 0.1) is 11.7 Å². The van der Waals surface area contributed by atoms with Crippen molar-refractivity contribution < 1.29 is 29.3 Å². The molecule has 0 spiro atoms. The number of carbonyl (C=O) groups excluding carboxylic acids is 2. The van der Waals surface area contributed by atoms with Gasteiger partial charge in [0.25, 0.3) is 0 Å². The molecule has 1 heterocycles. The fourth-order valence-corrected chi connectivity index (χ4v) is 8.79. The summed E-state index contributed by atoms with van der Waals surface area (Å²) in [6.07, 6.45) is 7.94. The van der Waals surface area contributed by atoms with E-state index in [0.29, 0.717) is 18.3 Å². The first-order valence-corrected chi connectivity index (χ1v) is 12.0. The first-order valence-electron chi connectivity index (χ1n) is 12.0. The normalized spacial score (nSPS) is 51.3. The number of aliphatic hydroxyl groups is 2. The number of esters is 2. The lowest BCUT2D eigenvalue weighted by molar-refractivity contribution is -0.210. The fourth-order valence-electron chi connectivity index (χ4n) is 8.79. The van der Waals surface area contributed by atoms with Gasteiger partial charge in [0.15, 0.2) is 0 Å². The summed E-state index contributed by atoms with van der Waals surface area (Å²) >= 11 is 0. The van der Waals surface area contributed by atoms with Gasteiger partial charge in [0, 0.05) is 30.8 Å². The second kappa shape index (κ2) is 7.05. The minimum atomic E-state index is -0.937. The maximum absolute atomic E-state index is 12.2. The van der Waals surface area contributed by atoms with Crippen LogP contribution in [-0.2, 0) is 19.1 Å². The fraction of sp³-hybridized carbons (Fsp3) is 0.840. The standard InChI is InChI=1S/C25H36O6/c1-14(26)31-17-6-8-23(2)16(11-17)4-5-19-18(23)7-9-24(3)22(15-10-21(28)30-13-15)20(27)12-25(19,24)29/h10,16-20,22,27,29H,4-9,11-13H2,1-3H3/t16-,17+,18?,19?,20+,22+,23+,24-,25+/m1/s1. The third-order valence-corrected chi connectivity index (χ3v) is 10.2. The van der Waals surface area contributed by atoms with Crippen LogP contribution in [0.3, 0.4) is 0 Å². The van der Waals surface area contributed by atoms with Crippen LogP contribution in [0.25, 0.3) is 0 Å². The highest BCUT2D eigenvalue weighted by molar-refractivity contribution is 5.85. The van der Waals surface area contributed by atoms with Crippen molar-refractivity contribution in [3.05, 3.63) is 11.6 Å². The Morgan fingerprint density at radius 2 is 1.94 bits per heavy atom. The number of aliphatic hydroxyl groups excluding tert-OH is 1. The molecule has 0 saturated heterocycles. The Labute approximate surface area is 184 Å². The summed E-state index contributed by atoms with van der Waals surface area (Å²) in [5.41, 5.74) is -0.416. The van der Waals surface area contributed by atoms with Crippen LogP contribution in [0.1, 0.15) is 72.1 Å². The van der Waals surface area contributed by atoms with Gasteiger partial charge < -0.3 is 19.7 Å². The first kappa shape index (κ1) is 21.4. The van der Waals surface area contributed by atoms with Crippen molar-refractivity contribution in [2.75, 3.05) is 6.61 Å². The highest BCUT2D eigenvalue weighted by atomic mass is 16.5. The molecule has 5 rings (SSSR count). The van der Waals surface area contributed by atoms with E-state index in [1.54, 1.807) is 0 Å². The van der Waals surface area contributed by atoms with Gasteiger partial charge in [-0.1, -0.05) is 13.8 Å². The number of carbonyl (C=O) groups is 2. The van der Waals surface area contributed by atoms with Gasteiger partial charge >= 0.3 is 11.9 Å². The largest absolute Gasteiger partial charge is 0.463 e. The molecule has 0 aromatic heterocycles. The first-order chi connectivity index (χ1) is 14.6. The number of hydrogen-bond donors (Lipinski definition) is 2. The molecule has 4 aliphatic carbocycles.